The maximum atomic E-state index is 12.7. The Labute approximate surface area is 201 Å². The maximum absolute atomic E-state index is 12.7. The van der Waals surface area contributed by atoms with Crippen molar-refractivity contribution in [2.75, 3.05) is 31.6 Å². The summed E-state index contributed by atoms with van der Waals surface area (Å²) < 4.78 is 35.9. The molecule has 1 unspecified atom stereocenters. The Morgan fingerprint density at radius 3 is 2.42 bits per heavy atom. The second-order valence-corrected chi connectivity index (χ2v) is 9.49. The minimum absolute atomic E-state index is 0.110. The van der Waals surface area contributed by atoms with Gasteiger partial charge in [-0.2, -0.15) is 24.9 Å². The molecule has 2 N–H and O–H groups in total. The molecule has 0 radical (unpaired) electrons. The SMILES string of the molecule is CCCCN1C(=O)C(CCSC)NC12CCN(C(=O)O)CC2.FC(F)(F)c1ccccc1Cl. The fraction of sp³-hybridized carbons (Fsp3) is 0.636. The van der Waals surface area contributed by atoms with Crippen molar-refractivity contribution in [3.8, 4) is 0 Å². The van der Waals surface area contributed by atoms with E-state index in [1.165, 1.54) is 23.1 Å². The van der Waals surface area contributed by atoms with Crippen LogP contribution in [0.3, 0.4) is 0 Å². The number of alkyl halides is 3. The number of rotatable bonds is 6. The molecule has 2 aliphatic heterocycles. The summed E-state index contributed by atoms with van der Waals surface area (Å²) in [5, 5.41) is 12.4. The lowest BCUT2D eigenvalue weighted by atomic mass is 9.96. The molecule has 1 aromatic carbocycles. The van der Waals surface area contributed by atoms with Gasteiger partial charge in [0.15, 0.2) is 0 Å². The Morgan fingerprint density at radius 2 is 1.94 bits per heavy atom. The largest absolute Gasteiger partial charge is 0.465 e. The molecule has 3 rings (SSSR count). The molecule has 11 heteroatoms. The van der Waals surface area contributed by atoms with Gasteiger partial charge in [0.1, 0.15) is 0 Å². The minimum atomic E-state index is -4.35. The molecule has 0 bridgehead atoms. The van der Waals surface area contributed by atoms with Gasteiger partial charge < -0.3 is 14.9 Å². The van der Waals surface area contributed by atoms with E-state index in [0.29, 0.717) is 25.9 Å². The topological polar surface area (TPSA) is 72.9 Å². The number of nitrogens with zero attached hydrogens (tertiary/aromatic N) is 2. The predicted octanol–water partition coefficient (Wildman–Crippen LogP) is 5.17. The van der Waals surface area contributed by atoms with Crippen molar-refractivity contribution in [1.29, 1.82) is 0 Å². The van der Waals surface area contributed by atoms with Crippen LogP contribution >= 0.6 is 23.4 Å². The molecule has 1 atom stereocenters. The molecular formula is C22H31ClF3N3O3S. The van der Waals surface area contributed by atoms with Gasteiger partial charge in [-0.15, -0.1) is 0 Å². The molecule has 0 aliphatic carbocycles. The second kappa shape index (κ2) is 12.2. The third-order valence-corrected chi connectivity index (χ3v) is 6.88. The van der Waals surface area contributed by atoms with Crippen molar-refractivity contribution in [2.45, 2.75) is 56.9 Å². The molecule has 33 heavy (non-hydrogen) atoms. The number of carbonyl (C=O) groups excluding carboxylic acids is 1. The molecule has 2 heterocycles. The summed E-state index contributed by atoms with van der Waals surface area (Å²) in [5.74, 6) is 1.16. The number of benzene rings is 1. The van der Waals surface area contributed by atoms with E-state index in [1.54, 1.807) is 11.8 Å². The molecule has 2 aliphatic rings. The molecule has 1 spiro atoms. The van der Waals surface area contributed by atoms with E-state index in [4.69, 9.17) is 16.7 Å². The van der Waals surface area contributed by atoms with Gasteiger partial charge in [0.05, 0.1) is 22.3 Å². The van der Waals surface area contributed by atoms with Crippen LogP contribution in [0.5, 0.6) is 0 Å². The molecular weight excluding hydrogens is 479 g/mol. The average molecular weight is 510 g/mol. The van der Waals surface area contributed by atoms with Gasteiger partial charge in [0.25, 0.3) is 0 Å². The summed E-state index contributed by atoms with van der Waals surface area (Å²) >= 11 is 7.04. The number of nitrogens with one attached hydrogen (secondary N) is 1. The number of halogens is 4. The zero-order valence-corrected chi connectivity index (χ0v) is 20.4. The Balaban J connectivity index is 0.000000294. The van der Waals surface area contributed by atoms with Crippen molar-refractivity contribution < 1.29 is 27.9 Å². The van der Waals surface area contributed by atoms with E-state index in [1.807, 2.05) is 4.90 Å². The first kappa shape index (κ1) is 27.6. The van der Waals surface area contributed by atoms with Crippen LogP contribution in [0.2, 0.25) is 5.02 Å². The van der Waals surface area contributed by atoms with Crippen LogP contribution in [0.4, 0.5) is 18.0 Å². The van der Waals surface area contributed by atoms with Crippen molar-refractivity contribution >= 4 is 35.4 Å². The first-order chi connectivity index (χ1) is 15.6. The minimum Gasteiger partial charge on any atom is -0.465 e. The first-order valence-electron chi connectivity index (χ1n) is 10.9. The second-order valence-electron chi connectivity index (χ2n) is 8.10. The zero-order valence-electron chi connectivity index (χ0n) is 18.8. The highest BCUT2D eigenvalue weighted by molar-refractivity contribution is 7.98. The van der Waals surface area contributed by atoms with Crippen molar-refractivity contribution in [2.24, 2.45) is 0 Å². The monoisotopic (exact) mass is 509 g/mol. The fourth-order valence-corrected chi connectivity index (χ4v) is 4.82. The van der Waals surface area contributed by atoms with Gasteiger partial charge in [0, 0.05) is 32.5 Å². The Kier molecular flexibility index (Phi) is 10.2. The molecule has 186 valence electrons. The highest BCUT2D eigenvalue weighted by atomic mass is 35.5. The molecule has 1 aromatic rings. The third-order valence-electron chi connectivity index (χ3n) is 5.91. The van der Waals surface area contributed by atoms with E-state index in [2.05, 4.69) is 18.5 Å². The summed E-state index contributed by atoms with van der Waals surface area (Å²) in [6.07, 6.45) is 1.10. The number of hydrogen-bond donors (Lipinski definition) is 2. The van der Waals surface area contributed by atoms with Crippen molar-refractivity contribution in [3.63, 3.8) is 0 Å². The standard InChI is InChI=1S/C15H27N3O3S.C7H4ClF3/c1-3-4-8-18-13(19)12(5-11-22-2)16-15(18)6-9-17(10-7-15)14(20)21;8-6-4-2-1-3-5(6)7(9,10)11/h12,16H,3-11H2,1-2H3,(H,20,21);1-4H. The summed E-state index contributed by atoms with van der Waals surface area (Å²) in [5.41, 5.74) is -1.12. The lowest BCUT2D eigenvalue weighted by Crippen LogP contribution is -2.59. The number of thioether (sulfide) groups is 1. The van der Waals surface area contributed by atoms with Crippen LogP contribution in [0.1, 0.15) is 44.6 Å². The summed E-state index contributed by atoms with van der Waals surface area (Å²) in [6, 6.07) is 4.81. The van der Waals surface area contributed by atoms with Gasteiger partial charge >= 0.3 is 12.3 Å². The first-order valence-corrected chi connectivity index (χ1v) is 12.7. The van der Waals surface area contributed by atoms with Crippen LogP contribution in [-0.2, 0) is 11.0 Å². The van der Waals surface area contributed by atoms with Crippen molar-refractivity contribution in [1.82, 2.24) is 15.1 Å². The Bertz CT molecular complexity index is 805. The smallest absolute Gasteiger partial charge is 0.417 e. The third kappa shape index (κ3) is 7.16. The number of amides is 2. The van der Waals surface area contributed by atoms with E-state index < -0.39 is 17.8 Å². The van der Waals surface area contributed by atoms with E-state index >= 15 is 0 Å². The van der Waals surface area contributed by atoms with Crippen molar-refractivity contribution in [3.05, 3.63) is 34.9 Å². The molecule has 6 nitrogen and oxygen atoms in total. The molecule has 2 amide bonds. The Hall–Kier alpha value is -1.65. The predicted molar refractivity (Wildman–Crippen MR) is 125 cm³/mol. The van der Waals surface area contributed by atoms with E-state index in [9.17, 15) is 22.8 Å². The molecule has 0 saturated carbocycles. The van der Waals surface area contributed by atoms with Gasteiger partial charge in [-0.05, 0) is 37.0 Å². The van der Waals surface area contributed by atoms with Crippen LogP contribution in [0, 0.1) is 0 Å². The summed E-state index contributed by atoms with van der Waals surface area (Å²) in [4.78, 5) is 27.3. The number of piperidine rings is 1. The highest BCUT2D eigenvalue weighted by Gasteiger charge is 2.51. The Morgan fingerprint density at radius 1 is 1.30 bits per heavy atom. The van der Waals surface area contributed by atoms with Gasteiger partial charge in [-0.25, -0.2) is 4.79 Å². The fourth-order valence-electron chi connectivity index (χ4n) is 4.11. The van der Waals surface area contributed by atoms with E-state index in [-0.39, 0.29) is 22.6 Å². The summed E-state index contributed by atoms with van der Waals surface area (Å²) in [7, 11) is 0. The normalized spacial score (nSPS) is 20.1. The summed E-state index contributed by atoms with van der Waals surface area (Å²) in [6.45, 7) is 3.88. The lowest BCUT2D eigenvalue weighted by Gasteiger charge is -2.44. The molecule has 2 saturated heterocycles. The molecule has 0 aromatic heterocycles. The number of likely N-dealkylation sites (tertiary alicyclic amines) is 1. The van der Waals surface area contributed by atoms with Crippen LogP contribution in [0.15, 0.2) is 24.3 Å². The quantitative estimate of drug-likeness (QED) is 0.553. The van der Waals surface area contributed by atoms with Gasteiger partial charge in [-0.1, -0.05) is 37.1 Å². The molecule has 2 fully saturated rings. The van der Waals surface area contributed by atoms with E-state index in [0.717, 1.165) is 37.6 Å². The maximum Gasteiger partial charge on any atom is 0.417 e. The number of carbonyl (C=O) groups is 2. The van der Waals surface area contributed by atoms with Gasteiger partial charge in [0.2, 0.25) is 5.91 Å². The van der Waals surface area contributed by atoms with Crippen LogP contribution < -0.4 is 5.32 Å². The average Bonchev–Trinajstić information content (AvgIpc) is 3.01. The van der Waals surface area contributed by atoms with Gasteiger partial charge in [-0.3, -0.25) is 10.1 Å². The number of hydrogen-bond acceptors (Lipinski definition) is 4. The lowest BCUT2D eigenvalue weighted by molar-refractivity contribution is -0.137. The van der Waals surface area contributed by atoms with Crippen LogP contribution in [0.25, 0.3) is 0 Å². The highest BCUT2D eigenvalue weighted by Crippen LogP contribution is 2.35. The zero-order chi connectivity index (χ0) is 24.6. The number of carboxylic acid groups (broad SMARTS) is 1. The number of unbranched alkanes of at least 4 members (excludes halogenated alkanes) is 1. The van der Waals surface area contributed by atoms with Crippen LogP contribution in [-0.4, -0.2) is 70.3 Å².